The van der Waals surface area contributed by atoms with Gasteiger partial charge in [0, 0.05) is 6.04 Å². The number of esters is 1. The largest absolute Gasteiger partial charge is 0.469 e. The standard InChI is InChI=1S/C12H21NO4/c1-12(2,3)17-11(15)13-9-6-5-8(7-9)10(14)16-4/h8-9H,5-7H2,1-4H3,(H,13,15)/t8-,9+/m1/s1. The minimum Gasteiger partial charge on any atom is -0.469 e. The van der Waals surface area contributed by atoms with Gasteiger partial charge in [0.1, 0.15) is 5.60 Å². The molecule has 0 bridgehead atoms. The monoisotopic (exact) mass is 243 g/mol. The molecule has 0 aliphatic heterocycles. The second-order valence-electron chi connectivity index (χ2n) is 5.38. The molecule has 0 aromatic carbocycles. The van der Waals surface area contributed by atoms with E-state index < -0.39 is 11.7 Å². The molecule has 5 nitrogen and oxygen atoms in total. The summed E-state index contributed by atoms with van der Waals surface area (Å²) in [5, 5.41) is 2.78. The van der Waals surface area contributed by atoms with Crippen LogP contribution >= 0.6 is 0 Å². The second-order valence-corrected chi connectivity index (χ2v) is 5.38. The van der Waals surface area contributed by atoms with Crippen LogP contribution in [-0.4, -0.2) is 30.8 Å². The van der Waals surface area contributed by atoms with E-state index in [1.807, 2.05) is 20.8 Å². The summed E-state index contributed by atoms with van der Waals surface area (Å²) in [6.45, 7) is 5.45. The van der Waals surface area contributed by atoms with Crippen molar-refractivity contribution in [1.82, 2.24) is 5.32 Å². The van der Waals surface area contributed by atoms with Gasteiger partial charge in [-0.2, -0.15) is 0 Å². The molecule has 1 aliphatic rings. The van der Waals surface area contributed by atoms with E-state index in [-0.39, 0.29) is 17.9 Å². The SMILES string of the molecule is COC(=O)[C@@H]1CC[C@H](NC(=O)OC(C)(C)C)C1. The molecule has 2 atom stereocenters. The van der Waals surface area contributed by atoms with Crippen molar-refractivity contribution in [3.05, 3.63) is 0 Å². The lowest BCUT2D eigenvalue weighted by Gasteiger charge is -2.21. The topological polar surface area (TPSA) is 64.6 Å². The fourth-order valence-electron chi connectivity index (χ4n) is 1.97. The maximum absolute atomic E-state index is 11.5. The molecule has 1 saturated carbocycles. The molecule has 0 heterocycles. The minimum absolute atomic E-state index is 0.00829. The van der Waals surface area contributed by atoms with Crippen LogP contribution in [0, 0.1) is 5.92 Å². The number of nitrogens with one attached hydrogen (secondary N) is 1. The number of hydrogen-bond donors (Lipinski definition) is 1. The van der Waals surface area contributed by atoms with Crippen LogP contribution in [-0.2, 0) is 14.3 Å². The molecule has 1 fully saturated rings. The van der Waals surface area contributed by atoms with E-state index in [1.165, 1.54) is 7.11 Å². The van der Waals surface area contributed by atoms with E-state index in [4.69, 9.17) is 4.74 Å². The van der Waals surface area contributed by atoms with Crippen LogP contribution in [0.2, 0.25) is 0 Å². The predicted molar refractivity (Wildman–Crippen MR) is 62.5 cm³/mol. The van der Waals surface area contributed by atoms with Gasteiger partial charge in [-0.15, -0.1) is 0 Å². The summed E-state index contributed by atoms with van der Waals surface area (Å²) in [7, 11) is 1.39. The Morgan fingerprint density at radius 2 is 1.88 bits per heavy atom. The summed E-state index contributed by atoms with van der Waals surface area (Å²) >= 11 is 0. The molecular formula is C12H21NO4. The summed E-state index contributed by atoms with van der Waals surface area (Å²) < 4.78 is 9.84. The molecule has 0 aromatic heterocycles. The molecular weight excluding hydrogens is 222 g/mol. The van der Waals surface area contributed by atoms with Crippen LogP contribution in [0.5, 0.6) is 0 Å². The molecule has 5 heteroatoms. The van der Waals surface area contributed by atoms with Gasteiger partial charge in [0.25, 0.3) is 0 Å². The summed E-state index contributed by atoms with van der Waals surface area (Å²) in [6, 6.07) is 0.00829. The summed E-state index contributed by atoms with van der Waals surface area (Å²) in [4.78, 5) is 22.8. The smallest absolute Gasteiger partial charge is 0.407 e. The second kappa shape index (κ2) is 5.38. The van der Waals surface area contributed by atoms with Crippen molar-refractivity contribution in [3.63, 3.8) is 0 Å². The maximum Gasteiger partial charge on any atom is 0.407 e. The molecule has 98 valence electrons. The van der Waals surface area contributed by atoms with E-state index in [9.17, 15) is 9.59 Å². The number of methoxy groups -OCH3 is 1. The van der Waals surface area contributed by atoms with E-state index in [0.29, 0.717) is 6.42 Å². The van der Waals surface area contributed by atoms with Crippen LogP contribution in [0.15, 0.2) is 0 Å². The van der Waals surface area contributed by atoms with Crippen LogP contribution in [0.25, 0.3) is 0 Å². The third-order valence-electron chi connectivity index (χ3n) is 2.69. The normalized spacial score (nSPS) is 24.2. The van der Waals surface area contributed by atoms with E-state index in [0.717, 1.165) is 12.8 Å². The highest BCUT2D eigenvalue weighted by Gasteiger charge is 2.32. The Morgan fingerprint density at radius 3 is 2.41 bits per heavy atom. The van der Waals surface area contributed by atoms with Crippen LogP contribution in [0.4, 0.5) is 4.79 Å². The van der Waals surface area contributed by atoms with Crippen molar-refractivity contribution in [3.8, 4) is 0 Å². The van der Waals surface area contributed by atoms with Gasteiger partial charge in [0.15, 0.2) is 0 Å². The van der Waals surface area contributed by atoms with Gasteiger partial charge in [-0.1, -0.05) is 0 Å². The molecule has 0 spiro atoms. The van der Waals surface area contributed by atoms with Crippen molar-refractivity contribution in [1.29, 1.82) is 0 Å². The third-order valence-corrected chi connectivity index (χ3v) is 2.69. The lowest BCUT2D eigenvalue weighted by molar-refractivity contribution is -0.145. The lowest BCUT2D eigenvalue weighted by atomic mass is 10.1. The van der Waals surface area contributed by atoms with Crippen molar-refractivity contribution >= 4 is 12.1 Å². The van der Waals surface area contributed by atoms with Gasteiger partial charge < -0.3 is 14.8 Å². The van der Waals surface area contributed by atoms with Crippen molar-refractivity contribution < 1.29 is 19.1 Å². The van der Waals surface area contributed by atoms with Gasteiger partial charge in [-0.3, -0.25) is 4.79 Å². The Kier molecular flexibility index (Phi) is 4.37. The van der Waals surface area contributed by atoms with E-state index in [1.54, 1.807) is 0 Å². The van der Waals surface area contributed by atoms with Crippen LogP contribution in [0.1, 0.15) is 40.0 Å². The molecule has 0 aromatic rings. The van der Waals surface area contributed by atoms with Gasteiger partial charge in [-0.05, 0) is 40.0 Å². The first-order valence-electron chi connectivity index (χ1n) is 5.89. The quantitative estimate of drug-likeness (QED) is 0.752. The maximum atomic E-state index is 11.5. The van der Waals surface area contributed by atoms with Crippen LogP contribution < -0.4 is 5.32 Å². The zero-order valence-corrected chi connectivity index (χ0v) is 10.9. The zero-order chi connectivity index (χ0) is 13.1. The highest BCUT2D eigenvalue weighted by molar-refractivity contribution is 5.73. The van der Waals surface area contributed by atoms with Gasteiger partial charge >= 0.3 is 12.1 Å². The molecule has 17 heavy (non-hydrogen) atoms. The Bertz CT molecular complexity index is 295. The molecule has 0 radical (unpaired) electrons. The highest BCUT2D eigenvalue weighted by atomic mass is 16.6. The molecule has 1 aliphatic carbocycles. The highest BCUT2D eigenvalue weighted by Crippen LogP contribution is 2.26. The Labute approximate surface area is 102 Å². The number of carbonyl (C=O) groups is 2. The van der Waals surface area contributed by atoms with Gasteiger partial charge in [0.2, 0.25) is 0 Å². The summed E-state index contributed by atoms with van der Waals surface area (Å²) in [5.41, 5.74) is -0.496. The predicted octanol–water partition coefficient (Wildman–Crippen LogP) is 1.85. The molecule has 1 amide bonds. The number of alkyl carbamates (subject to hydrolysis) is 1. The first-order valence-corrected chi connectivity index (χ1v) is 5.89. The van der Waals surface area contributed by atoms with Crippen LogP contribution in [0.3, 0.4) is 0 Å². The lowest BCUT2D eigenvalue weighted by Crippen LogP contribution is -2.38. The molecule has 1 N–H and O–H groups in total. The number of ether oxygens (including phenoxy) is 2. The number of amides is 1. The Balaban J connectivity index is 2.35. The fraction of sp³-hybridized carbons (Fsp3) is 0.833. The number of hydrogen-bond acceptors (Lipinski definition) is 4. The van der Waals surface area contributed by atoms with E-state index in [2.05, 4.69) is 10.1 Å². The summed E-state index contributed by atoms with van der Waals surface area (Å²) in [5.74, 6) is -0.293. The van der Waals surface area contributed by atoms with Crippen molar-refractivity contribution in [2.75, 3.05) is 7.11 Å². The van der Waals surface area contributed by atoms with Gasteiger partial charge in [0.05, 0.1) is 13.0 Å². The Hall–Kier alpha value is -1.26. The molecule has 0 saturated heterocycles. The minimum atomic E-state index is -0.496. The molecule has 0 unspecified atom stereocenters. The first kappa shape index (κ1) is 13.8. The summed E-state index contributed by atoms with van der Waals surface area (Å²) in [6.07, 6.45) is 1.76. The van der Waals surface area contributed by atoms with E-state index >= 15 is 0 Å². The fourth-order valence-corrected chi connectivity index (χ4v) is 1.97. The van der Waals surface area contributed by atoms with Gasteiger partial charge in [-0.25, -0.2) is 4.79 Å². The number of carbonyl (C=O) groups excluding carboxylic acids is 2. The average Bonchev–Trinajstić information content (AvgIpc) is 2.62. The third kappa shape index (κ3) is 4.63. The Morgan fingerprint density at radius 1 is 1.24 bits per heavy atom. The average molecular weight is 243 g/mol. The first-order chi connectivity index (χ1) is 7.81. The van der Waals surface area contributed by atoms with Crippen molar-refractivity contribution in [2.24, 2.45) is 5.92 Å². The molecule has 1 rings (SSSR count). The zero-order valence-electron chi connectivity index (χ0n) is 10.9. The number of rotatable bonds is 2. The van der Waals surface area contributed by atoms with Crippen molar-refractivity contribution in [2.45, 2.75) is 51.7 Å².